The topological polar surface area (TPSA) is 96.0 Å². The lowest BCUT2D eigenvalue weighted by molar-refractivity contribution is -0.140. The van der Waals surface area contributed by atoms with Crippen LogP contribution in [0.25, 0.3) is 0 Å². The smallest absolute Gasteiger partial charge is 0.264 e. The van der Waals surface area contributed by atoms with Gasteiger partial charge in [-0.2, -0.15) is 0 Å². The van der Waals surface area contributed by atoms with Crippen LogP contribution in [0.1, 0.15) is 44.7 Å². The molecule has 0 aromatic heterocycles. The molecule has 0 fully saturated rings. The van der Waals surface area contributed by atoms with Crippen molar-refractivity contribution in [2.45, 2.75) is 64.1 Å². The van der Waals surface area contributed by atoms with Crippen molar-refractivity contribution in [3.8, 4) is 5.75 Å². The van der Waals surface area contributed by atoms with E-state index in [1.165, 1.54) is 17.0 Å². The summed E-state index contributed by atoms with van der Waals surface area (Å²) in [6.07, 6.45) is 1.10. The van der Waals surface area contributed by atoms with Crippen LogP contribution >= 0.6 is 0 Å². The van der Waals surface area contributed by atoms with Crippen LogP contribution in [0.2, 0.25) is 0 Å². The summed E-state index contributed by atoms with van der Waals surface area (Å²) in [6, 6.07) is 21.4. The molecule has 0 saturated heterocycles. The highest BCUT2D eigenvalue weighted by Gasteiger charge is 2.34. The van der Waals surface area contributed by atoms with Crippen molar-refractivity contribution < 1.29 is 22.7 Å². The molecule has 0 saturated carbocycles. The van der Waals surface area contributed by atoms with E-state index in [0.717, 1.165) is 21.9 Å². The summed E-state index contributed by atoms with van der Waals surface area (Å²) in [6.45, 7) is 7.24. The van der Waals surface area contributed by atoms with E-state index >= 15 is 0 Å². The molecule has 9 heteroatoms. The normalized spacial score (nSPS) is 12.7. The second-order valence-electron chi connectivity index (χ2n) is 9.78. The molecule has 2 atom stereocenters. The van der Waals surface area contributed by atoms with E-state index in [0.29, 0.717) is 17.9 Å². The molecule has 8 nitrogen and oxygen atoms in total. The van der Waals surface area contributed by atoms with Crippen LogP contribution in [0.5, 0.6) is 5.75 Å². The fraction of sp³-hybridized carbons (Fsp3) is 0.355. The van der Waals surface area contributed by atoms with Crippen LogP contribution < -0.4 is 14.4 Å². The van der Waals surface area contributed by atoms with Gasteiger partial charge in [0.15, 0.2) is 0 Å². The van der Waals surface area contributed by atoms with E-state index in [9.17, 15) is 18.0 Å². The maximum Gasteiger partial charge on any atom is 0.264 e. The van der Waals surface area contributed by atoms with Gasteiger partial charge in [-0.1, -0.05) is 56.3 Å². The molecule has 0 spiro atoms. The van der Waals surface area contributed by atoms with Crippen molar-refractivity contribution in [3.63, 3.8) is 0 Å². The first-order valence-corrected chi connectivity index (χ1v) is 14.9. The minimum Gasteiger partial charge on any atom is -0.497 e. The Hall–Kier alpha value is -3.85. The summed E-state index contributed by atoms with van der Waals surface area (Å²) in [5, 5.41) is 2.98. The van der Waals surface area contributed by atoms with Crippen molar-refractivity contribution in [3.05, 3.63) is 90.0 Å². The Labute approximate surface area is 238 Å². The third-order valence-electron chi connectivity index (χ3n) is 6.80. The largest absolute Gasteiger partial charge is 0.497 e. The summed E-state index contributed by atoms with van der Waals surface area (Å²) in [7, 11) is -2.51. The van der Waals surface area contributed by atoms with Gasteiger partial charge in [-0.3, -0.25) is 13.9 Å². The Morgan fingerprint density at radius 3 is 2.17 bits per heavy atom. The number of sulfonamides is 1. The van der Waals surface area contributed by atoms with Crippen molar-refractivity contribution in [2.24, 2.45) is 0 Å². The zero-order chi connectivity index (χ0) is 29.3. The SMILES string of the molecule is CC[C@@H](C)NC(=O)[C@H](CC)N(Cc1ccc(OC)cc1)C(=O)CN(c1cccc(C)c1)S(=O)(=O)c1ccccc1. The van der Waals surface area contributed by atoms with Gasteiger partial charge in [0.1, 0.15) is 18.3 Å². The van der Waals surface area contributed by atoms with Gasteiger partial charge in [0, 0.05) is 12.6 Å². The summed E-state index contributed by atoms with van der Waals surface area (Å²) < 4.78 is 34.1. The number of hydrogen-bond donors (Lipinski definition) is 1. The number of amides is 2. The van der Waals surface area contributed by atoms with E-state index in [1.54, 1.807) is 55.6 Å². The third-order valence-corrected chi connectivity index (χ3v) is 8.59. The van der Waals surface area contributed by atoms with Gasteiger partial charge in [-0.05, 0) is 74.2 Å². The number of ether oxygens (including phenoxy) is 1. The van der Waals surface area contributed by atoms with Crippen molar-refractivity contribution in [1.82, 2.24) is 10.2 Å². The summed E-state index contributed by atoms with van der Waals surface area (Å²) in [5.41, 5.74) is 2.02. The number of carbonyl (C=O) groups is 2. The predicted molar refractivity (Wildman–Crippen MR) is 158 cm³/mol. The third kappa shape index (κ3) is 7.63. The fourth-order valence-corrected chi connectivity index (χ4v) is 5.75. The van der Waals surface area contributed by atoms with Gasteiger partial charge in [-0.25, -0.2) is 8.42 Å². The Balaban J connectivity index is 2.04. The molecule has 0 radical (unpaired) electrons. The molecule has 3 aromatic carbocycles. The standard InChI is InChI=1S/C31H39N3O5S/c1-6-24(4)32-31(36)29(7-2)33(21-25-16-18-27(39-5)19-17-25)30(35)22-34(26-13-11-12-23(3)20-26)40(37,38)28-14-9-8-10-15-28/h8-20,24,29H,6-7,21-22H2,1-5H3,(H,32,36)/t24-,29+/m1/s1. The first kappa shape index (κ1) is 30.7. The molecule has 214 valence electrons. The average molecular weight is 566 g/mol. The minimum absolute atomic E-state index is 0.0678. The number of hydrogen-bond acceptors (Lipinski definition) is 5. The molecule has 3 aromatic rings. The van der Waals surface area contributed by atoms with Gasteiger partial charge in [0.2, 0.25) is 11.8 Å². The number of nitrogens with one attached hydrogen (secondary N) is 1. The van der Waals surface area contributed by atoms with Crippen LogP contribution in [0.4, 0.5) is 5.69 Å². The zero-order valence-corrected chi connectivity index (χ0v) is 24.6. The molecule has 0 bridgehead atoms. The minimum atomic E-state index is -4.09. The van der Waals surface area contributed by atoms with Crippen molar-refractivity contribution in [1.29, 1.82) is 0 Å². The lowest BCUT2D eigenvalue weighted by Crippen LogP contribution is -2.53. The van der Waals surface area contributed by atoms with E-state index in [4.69, 9.17) is 4.74 Å². The van der Waals surface area contributed by atoms with Gasteiger partial charge in [-0.15, -0.1) is 0 Å². The number of benzene rings is 3. The number of rotatable bonds is 13. The Kier molecular flexibility index (Phi) is 10.7. The van der Waals surface area contributed by atoms with Gasteiger partial charge < -0.3 is 15.0 Å². The molecule has 0 unspecified atom stereocenters. The highest BCUT2D eigenvalue weighted by Crippen LogP contribution is 2.26. The van der Waals surface area contributed by atoms with Crippen LogP contribution in [0, 0.1) is 6.92 Å². The first-order chi connectivity index (χ1) is 19.1. The van der Waals surface area contributed by atoms with Crippen LogP contribution in [0.3, 0.4) is 0 Å². The van der Waals surface area contributed by atoms with Crippen LogP contribution in [-0.4, -0.2) is 50.9 Å². The molecule has 0 heterocycles. The van der Waals surface area contributed by atoms with E-state index in [2.05, 4.69) is 5.32 Å². The molecule has 0 aliphatic carbocycles. The van der Waals surface area contributed by atoms with E-state index in [1.807, 2.05) is 45.9 Å². The maximum atomic E-state index is 14.1. The molecular formula is C31H39N3O5S. The Bertz CT molecular complexity index is 1380. The molecule has 0 aliphatic heterocycles. The highest BCUT2D eigenvalue weighted by molar-refractivity contribution is 7.92. The number of aryl methyl sites for hydroxylation is 1. The quantitative estimate of drug-likeness (QED) is 0.317. The number of anilines is 1. The van der Waals surface area contributed by atoms with Gasteiger partial charge >= 0.3 is 0 Å². The molecule has 3 rings (SSSR count). The summed E-state index contributed by atoms with van der Waals surface area (Å²) in [4.78, 5) is 29.0. The van der Waals surface area contributed by atoms with Crippen LogP contribution in [-0.2, 0) is 26.2 Å². The van der Waals surface area contributed by atoms with E-state index < -0.39 is 28.5 Å². The first-order valence-electron chi connectivity index (χ1n) is 13.5. The van der Waals surface area contributed by atoms with Gasteiger partial charge in [0.25, 0.3) is 10.0 Å². The number of methoxy groups -OCH3 is 1. The van der Waals surface area contributed by atoms with Crippen molar-refractivity contribution in [2.75, 3.05) is 18.0 Å². The zero-order valence-electron chi connectivity index (χ0n) is 23.8. The molecule has 0 aliphatic rings. The molecule has 2 amide bonds. The predicted octanol–water partition coefficient (Wildman–Crippen LogP) is 4.92. The Morgan fingerprint density at radius 2 is 1.60 bits per heavy atom. The number of nitrogens with zero attached hydrogens (tertiary/aromatic N) is 2. The average Bonchev–Trinajstić information content (AvgIpc) is 2.96. The second-order valence-corrected chi connectivity index (χ2v) is 11.6. The lowest BCUT2D eigenvalue weighted by atomic mass is 10.1. The fourth-order valence-electron chi connectivity index (χ4n) is 4.32. The number of carbonyl (C=O) groups excluding carboxylic acids is 2. The maximum absolute atomic E-state index is 14.1. The van der Waals surface area contributed by atoms with E-state index in [-0.39, 0.29) is 23.4 Å². The molecular weight excluding hydrogens is 526 g/mol. The second kappa shape index (κ2) is 14.0. The van der Waals surface area contributed by atoms with Crippen LogP contribution in [0.15, 0.2) is 83.8 Å². The summed E-state index contributed by atoms with van der Waals surface area (Å²) in [5.74, 6) is -0.0857. The highest BCUT2D eigenvalue weighted by atomic mass is 32.2. The lowest BCUT2D eigenvalue weighted by Gasteiger charge is -2.33. The molecule has 1 N–H and O–H groups in total. The molecule has 40 heavy (non-hydrogen) atoms. The summed E-state index contributed by atoms with van der Waals surface area (Å²) >= 11 is 0. The Morgan fingerprint density at radius 1 is 0.925 bits per heavy atom. The monoisotopic (exact) mass is 565 g/mol. The van der Waals surface area contributed by atoms with Gasteiger partial charge in [0.05, 0.1) is 17.7 Å². The van der Waals surface area contributed by atoms with Crippen molar-refractivity contribution >= 4 is 27.5 Å².